The van der Waals surface area contributed by atoms with Crippen LogP contribution in [0.5, 0.6) is 0 Å². The lowest BCUT2D eigenvalue weighted by Gasteiger charge is -2.49. The number of fused-ring (bicyclic) bond motifs is 1. The molecule has 1 nitrogen and oxygen atoms in total. The lowest BCUT2D eigenvalue weighted by molar-refractivity contribution is -0.0320. The van der Waals surface area contributed by atoms with Crippen LogP contribution in [0.25, 0.3) is 0 Å². The van der Waals surface area contributed by atoms with Gasteiger partial charge in [-0.05, 0) is 50.0 Å². The Bertz CT molecular complexity index is 326. The lowest BCUT2D eigenvalue weighted by Crippen LogP contribution is -2.48. The molecule has 0 spiro atoms. The van der Waals surface area contributed by atoms with Crippen molar-refractivity contribution in [1.29, 1.82) is 0 Å². The van der Waals surface area contributed by atoms with E-state index < -0.39 is 5.60 Å². The minimum absolute atomic E-state index is 0.308. The molecule has 0 aliphatic heterocycles. The predicted octanol–water partition coefficient (Wildman–Crippen LogP) is 3.70. The molecule has 3 atom stereocenters. The second kappa shape index (κ2) is 4.03. The summed E-state index contributed by atoms with van der Waals surface area (Å²) in [5.74, 6) is 1.57. The van der Waals surface area contributed by atoms with Crippen molar-refractivity contribution in [2.45, 2.75) is 52.1 Å². The van der Waals surface area contributed by atoms with E-state index in [-0.39, 0.29) is 0 Å². The molecular weight excluding hydrogens is 196 g/mol. The van der Waals surface area contributed by atoms with Crippen LogP contribution in [0, 0.1) is 17.8 Å². The Labute approximate surface area is 99.3 Å². The highest BCUT2D eigenvalue weighted by Crippen LogP contribution is 2.49. The zero-order valence-electron chi connectivity index (χ0n) is 10.8. The summed E-state index contributed by atoms with van der Waals surface area (Å²) < 4.78 is 0. The van der Waals surface area contributed by atoms with Gasteiger partial charge in [0.1, 0.15) is 0 Å². The van der Waals surface area contributed by atoms with Crippen LogP contribution in [0.3, 0.4) is 0 Å². The van der Waals surface area contributed by atoms with Crippen LogP contribution in [0.1, 0.15) is 46.5 Å². The summed E-state index contributed by atoms with van der Waals surface area (Å²) in [5, 5.41) is 10.9. The fraction of sp³-hybridized carbons (Fsp3) is 0.733. The van der Waals surface area contributed by atoms with Crippen molar-refractivity contribution in [1.82, 2.24) is 0 Å². The summed E-state index contributed by atoms with van der Waals surface area (Å²) in [4.78, 5) is 0. The summed E-state index contributed by atoms with van der Waals surface area (Å²) >= 11 is 0. The smallest absolute Gasteiger partial charge is 0.0922 e. The Morgan fingerprint density at radius 3 is 2.75 bits per heavy atom. The van der Waals surface area contributed by atoms with Crippen molar-refractivity contribution in [3.63, 3.8) is 0 Å². The van der Waals surface area contributed by atoms with Crippen LogP contribution < -0.4 is 0 Å². The average Bonchev–Trinajstić information content (AvgIpc) is 2.21. The van der Waals surface area contributed by atoms with Gasteiger partial charge in [-0.2, -0.15) is 0 Å². The van der Waals surface area contributed by atoms with E-state index in [0.717, 1.165) is 24.8 Å². The minimum atomic E-state index is -0.604. The van der Waals surface area contributed by atoms with Crippen molar-refractivity contribution in [2.75, 3.05) is 0 Å². The molecule has 0 heterocycles. The fourth-order valence-electron chi connectivity index (χ4n) is 3.46. The highest BCUT2D eigenvalue weighted by Gasteiger charge is 2.47. The maximum Gasteiger partial charge on any atom is 0.0922 e. The van der Waals surface area contributed by atoms with Crippen LogP contribution in [0.15, 0.2) is 23.8 Å². The van der Waals surface area contributed by atoms with Gasteiger partial charge in [0.05, 0.1) is 5.60 Å². The van der Waals surface area contributed by atoms with E-state index in [9.17, 15) is 5.11 Å². The predicted molar refractivity (Wildman–Crippen MR) is 68.1 cm³/mol. The summed E-state index contributed by atoms with van der Waals surface area (Å²) in [6.07, 6.45) is 6.41. The van der Waals surface area contributed by atoms with E-state index in [1.807, 2.05) is 0 Å². The summed E-state index contributed by atoms with van der Waals surface area (Å²) in [5.41, 5.74) is 1.90. The molecule has 0 amide bonds. The monoisotopic (exact) mass is 220 g/mol. The SMILES string of the molecule is C=C1CCC(C(C)C)C2C=C(C)CCC12O. The normalized spacial score (nSPS) is 39.6. The van der Waals surface area contributed by atoms with E-state index in [4.69, 9.17) is 0 Å². The zero-order chi connectivity index (χ0) is 11.9. The van der Waals surface area contributed by atoms with Crippen molar-refractivity contribution < 1.29 is 5.11 Å². The van der Waals surface area contributed by atoms with Crippen LogP contribution in [-0.4, -0.2) is 10.7 Å². The number of allylic oxidation sites excluding steroid dienone is 1. The average molecular weight is 220 g/mol. The number of hydrogen-bond donors (Lipinski definition) is 1. The first-order chi connectivity index (χ1) is 7.45. The number of aliphatic hydroxyl groups is 1. The van der Waals surface area contributed by atoms with E-state index in [0.29, 0.717) is 17.8 Å². The molecule has 0 radical (unpaired) electrons. The van der Waals surface area contributed by atoms with Crippen molar-refractivity contribution >= 4 is 0 Å². The highest BCUT2D eigenvalue weighted by atomic mass is 16.3. The van der Waals surface area contributed by atoms with E-state index >= 15 is 0 Å². The van der Waals surface area contributed by atoms with Gasteiger partial charge in [-0.25, -0.2) is 0 Å². The van der Waals surface area contributed by atoms with Crippen LogP contribution in [-0.2, 0) is 0 Å². The molecular formula is C15H24O. The van der Waals surface area contributed by atoms with Gasteiger partial charge in [-0.1, -0.05) is 32.1 Å². The Morgan fingerprint density at radius 1 is 1.44 bits per heavy atom. The fourth-order valence-corrected chi connectivity index (χ4v) is 3.46. The van der Waals surface area contributed by atoms with Gasteiger partial charge in [0, 0.05) is 5.92 Å². The summed E-state index contributed by atoms with van der Waals surface area (Å²) in [6, 6.07) is 0. The molecule has 1 N–H and O–H groups in total. The Morgan fingerprint density at radius 2 is 2.12 bits per heavy atom. The molecule has 0 bridgehead atoms. The third kappa shape index (κ3) is 1.75. The molecule has 1 saturated carbocycles. The molecule has 0 aromatic carbocycles. The minimum Gasteiger partial charge on any atom is -0.385 e. The van der Waals surface area contributed by atoms with Crippen LogP contribution in [0.4, 0.5) is 0 Å². The Hall–Kier alpha value is -0.560. The van der Waals surface area contributed by atoms with Gasteiger partial charge in [-0.15, -0.1) is 0 Å². The molecule has 90 valence electrons. The van der Waals surface area contributed by atoms with E-state index in [1.54, 1.807) is 0 Å². The van der Waals surface area contributed by atoms with E-state index in [2.05, 4.69) is 33.4 Å². The molecule has 2 aliphatic carbocycles. The molecule has 2 aliphatic rings. The first-order valence-electron chi connectivity index (χ1n) is 6.53. The van der Waals surface area contributed by atoms with Crippen LogP contribution >= 0.6 is 0 Å². The molecule has 1 fully saturated rings. The van der Waals surface area contributed by atoms with Crippen molar-refractivity contribution in [2.24, 2.45) is 17.8 Å². The largest absolute Gasteiger partial charge is 0.385 e. The van der Waals surface area contributed by atoms with Crippen LogP contribution in [0.2, 0.25) is 0 Å². The lowest BCUT2D eigenvalue weighted by atomic mass is 9.59. The quantitative estimate of drug-likeness (QED) is 0.668. The standard InChI is InChI=1S/C15H24O/c1-10(2)13-6-5-12(4)15(16)8-7-11(3)9-14(13)15/h9-10,13-14,16H,4-8H2,1-3H3. The first kappa shape index (κ1) is 11.9. The second-order valence-electron chi connectivity index (χ2n) is 6.01. The van der Waals surface area contributed by atoms with E-state index in [1.165, 1.54) is 12.0 Å². The third-order valence-electron chi connectivity index (χ3n) is 4.63. The maximum atomic E-state index is 10.9. The van der Waals surface area contributed by atoms with Crippen molar-refractivity contribution in [3.8, 4) is 0 Å². The molecule has 0 saturated heterocycles. The van der Waals surface area contributed by atoms with Gasteiger partial charge >= 0.3 is 0 Å². The summed E-state index contributed by atoms with van der Waals surface area (Å²) in [6.45, 7) is 10.8. The summed E-state index contributed by atoms with van der Waals surface area (Å²) in [7, 11) is 0. The molecule has 0 aromatic heterocycles. The van der Waals surface area contributed by atoms with Gasteiger partial charge < -0.3 is 5.11 Å². The van der Waals surface area contributed by atoms with Gasteiger partial charge in [0.2, 0.25) is 0 Å². The van der Waals surface area contributed by atoms with Gasteiger partial charge in [0.25, 0.3) is 0 Å². The highest BCUT2D eigenvalue weighted by molar-refractivity contribution is 5.27. The number of rotatable bonds is 1. The Kier molecular flexibility index (Phi) is 3.00. The number of hydrogen-bond acceptors (Lipinski definition) is 1. The molecule has 16 heavy (non-hydrogen) atoms. The molecule has 1 heteroatoms. The zero-order valence-corrected chi connectivity index (χ0v) is 10.8. The first-order valence-corrected chi connectivity index (χ1v) is 6.53. The topological polar surface area (TPSA) is 20.2 Å². The third-order valence-corrected chi connectivity index (χ3v) is 4.63. The van der Waals surface area contributed by atoms with Gasteiger partial charge in [-0.3, -0.25) is 0 Å². The Balaban J connectivity index is 2.36. The second-order valence-corrected chi connectivity index (χ2v) is 6.01. The molecule has 2 rings (SSSR count). The molecule has 3 unspecified atom stereocenters. The van der Waals surface area contributed by atoms with Gasteiger partial charge in [0.15, 0.2) is 0 Å². The maximum absolute atomic E-state index is 10.9. The molecule has 0 aromatic rings. The van der Waals surface area contributed by atoms with Crippen molar-refractivity contribution in [3.05, 3.63) is 23.8 Å².